The highest BCUT2D eigenvalue weighted by Gasteiger charge is 2.24. The lowest BCUT2D eigenvalue weighted by atomic mass is 10.00. The molecule has 1 N–H and O–H groups in total. The van der Waals surface area contributed by atoms with Gasteiger partial charge < -0.3 is 9.64 Å². The molecule has 0 saturated carbocycles. The summed E-state index contributed by atoms with van der Waals surface area (Å²) < 4.78 is 33.3. The van der Waals surface area contributed by atoms with Crippen molar-refractivity contribution in [2.45, 2.75) is 37.2 Å². The van der Waals surface area contributed by atoms with Crippen LogP contribution in [0, 0.1) is 0 Å². The Morgan fingerprint density at radius 1 is 1.18 bits per heavy atom. The van der Waals surface area contributed by atoms with Crippen LogP contribution in [-0.4, -0.2) is 39.5 Å². The number of hydrogen-bond donors (Lipinski definition) is 1. The normalized spacial score (nSPS) is 15.1. The van der Waals surface area contributed by atoms with Crippen LogP contribution in [0.1, 0.15) is 36.1 Å². The van der Waals surface area contributed by atoms with Crippen molar-refractivity contribution in [2.75, 3.05) is 20.3 Å². The first-order valence-electron chi connectivity index (χ1n) is 9.36. The standard InChI is InChI=1S/C21H26N2O4S/c1-16(17-6-4-3-5-7-17)22-28(25,26)20-9-8-19-15-23(12-10-18(19)14-20)21(24)11-13-27-2/h3-9,14,16,22H,10-13,15H2,1-2H3/t16-/m0/s1. The van der Waals surface area contributed by atoms with Crippen molar-refractivity contribution >= 4 is 15.9 Å². The van der Waals surface area contributed by atoms with Gasteiger partial charge in [-0.05, 0) is 42.2 Å². The lowest BCUT2D eigenvalue weighted by Crippen LogP contribution is -2.36. The van der Waals surface area contributed by atoms with E-state index in [1.807, 2.05) is 43.3 Å². The molecule has 0 unspecified atom stereocenters. The van der Waals surface area contributed by atoms with E-state index in [1.165, 1.54) is 0 Å². The monoisotopic (exact) mass is 402 g/mol. The minimum Gasteiger partial charge on any atom is -0.384 e. The summed E-state index contributed by atoms with van der Waals surface area (Å²) in [6, 6.07) is 14.3. The zero-order valence-electron chi connectivity index (χ0n) is 16.2. The Bertz CT molecular complexity index is 929. The van der Waals surface area contributed by atoms with Gasteiger partial charge in [0.05, 0.1) is 17.9 Å². The lowest BCUT2D eigenvalue weighted by Gasteiger charge is -2.29. The van der Waals surface area contributed by atoms with Crippen molar-refractivity contribution in [1.82, 2.24) is 9.62 Å². The summed E-state index contributed by atoms with van der Waals surface area (Å²) in [4.78, 5) is 14.2. The molecular formula is C21H26N2O4S. The van der Waals surface area contributed by atoms with Crippen molar-refractivity contribution in [3.63, 3.8) is 0 Å². The van der Waals surface area contributed by atoms with Gasteiger partial charge in [-0.2, -0.15) is 0 Å². The van der Waals surface area contributed by atoms with E-state index < -0.39 is 10.0 Å². The van der Waals surface area contributed by atoms with Gasteiger partial charge in [-0.1, -0.05) is 36.4 Å². The summed E-state index contributed by atoms with van der Waals surface area (Å²) >= 11 is 0. The second-order valence-corrected chi connectivity index (χ2v) is 8.71. The molecule has 1 atom stereocenters. The maximum atomic E-state index is 12.8. The van der Waals surface area contributed by atoms with E-state index in [9.17, 15) is 13.2 Å². The van der Waals surface area contributed by atoms with Crippen LogP contribution in [0.15, 0.2) is 53.4 Å². The Morgan fingerprint density at radius 2 is 1.93 bits per heavy atom. The summed E-state index contributed by atoms with van der Waals surface area (Å²) in [5.41, 5.74) is 2.88. The zero-order chi connectivity index (χ0) is 20.1. The summed E-state index contributed by atoms with van der Waals surface area (Å²) in [5.74, 6) is 0.0579. The number of sulfonamides is 1. The van der Waals surface area contributed by atoms with E-state index in [0.717, 1.165) is 16.7 Å². The molecule has 0 aromatic heterocycles. The van der Waals surface area contributed by atoms with E-state index in [2.05, 4.69) is 4.72 Å². The quantitative estimate of drug-likeness (QED) is 0.773. The third-order valence-electron chi connectivity index (χ3n) is 5.00. The molecule has 2 aromatic carbocycles. The number of carbonyl (C=O) groups is 1. The number of nitrogens with one attached hydrogen (secondary N) is 1. The summed E-state index contributed by atoms with van der Waals surface area (Å²) in [7, 11) is -2.05. The van der Waals surface area contributed by atoms with Crippen molar-refractivity contribution in [3.05, 3.63) is 65.2 Å². The summed E-state index contributed by atoms with van der Waals surface area (Å²) in [6.45, 7) is 3.33. The second kappa shape index (κ2) is 8.86. The van der Waals surface area contributed by atoms with E-state index >= 15 is 0 Å². The largest absolute Gasteiger partial charge is 0.384 e. The highest BCUT2D eigenvalue weighted by atomic mass is 32.2. The Morgan fingerprint density at radius 3 is 2.64 bits per heavy atom. The fourth-order valence-corrected chi connectivity index (χ4v) is 4.65. The fourth-order valence-electron chi connectivity index (χ4n) is 3.37. The number of fused-ring (bicyclic) bond motifs is 1. The zero-order valence-corrected chi connectivity index (χ0v) is 17.0. The minimum absolute atomic E-state index is 0.0579. The van der Waals surface area contributed by atoms with E-state index in [0.29, 0.717) is 32.5 Å². The molecule has 1 aliphatic heterocycles. The van der Waals surface area contributed by atoms with Crippen molar-refractivity contribution in [3.8, 4) is 0 Å². The number of carbonyl (C=O) groups excluding carboxylic acids is 1. The number of rotatable bonds is 7. The predicted octanol–water partition coefficient (Wildman–Crippen LogP) is 2.65. The lowest BCUT2D eigenvalue weighted by molar-refractivity contribution is -0.133. The molecule has 1 amide bonds. The van der Waals surface area contributed by atoms with Crippen LogP contribution in [0.2, 0.25) is 0 Å². The number of benzene rings is 2. The smallest absolute Gasteiger partial charge is 0.241 e. The van der Waals surface area contributed by atoms with E-state index in [-0.39, 0.29) is 16.8 Å². The Labute approximate surface area is 166 Å². The molecule has 0 bridgehead atoms. The number of amides is 1. The highest BCUT2D eigenvalue weighted by molar-refractivity contribution is 7.89. The molecule has 7 heteroatoms. The predicted molar refractivity (Wildman–Crippen MR) is 107 cm³/mol. The van der Waals surface area contributed by atoms with Crippen LogP contribution in [-0.2, 0) is 32.5 Å². The van der Waals surface area contributed by atoms with Crippen LogP contribution in [0.3, 0.4) is 0 Å². The van der Waals surface area contributed by atoms with E-state index in [1.54, 1.807) is 24.1 Å². The average Bonchev–Trinajstić information content (AvgIpc) is 2.71. The topological polar surface area (TPSA) is 75.7 Å². The molecule has 0 aliphatic carbocycles. The molecule has 0 saturated heterocycles. The van der Waals surface area contributed by atoms with Gasteiger partial charge in [0, 0.05) is 26.2 Å². The third-order valence-corrected chi connectivity index (χ3v) is 6.54. The van der Waals surface area contributed by atoms with Gasteiger partial charge in [0.25, 0.3) is 0 Å². The number of methoxy groups -OCH3 is 1. The molecule has 2 aromatic rings. The van der Waals surface area contributed by atoms with E-state index in [4.69, 9.17) is 4.74 Å². The van der Waals surface area contributed by atoms with Crippen LogP contribution in [0.25, 0.3) is 0 Å². The van der Waals surface area contributed by atoms with Gasteiger partial charge >= 0.3 is 0 Å². The first-order valence-corrected chi connectivity index (χ1v) is 10.8. The average molecular weight is 403 g/mol. The maximum absolute atomic E-state index is 12.8. The van der Waals surface area contributed by atoms with Gasteiger partial charge in [-0.3, -0.25) is 4.79 Å². The second-order valence-electron chi connectivity index (χ2n) is 6.99. The third kappa shape index (κ3) is 4.79. The Kier molecular flexibility index (Phi) is 6.49. The van der Waals surface area contributed by atoms with Gasteiger partial charge in [-0.25, -0.2) is 13.1 Å². The maximum Gasteiger partial charge on any atom is 0.241 e. The molecule has 28 heavy (non-hydrogen) atoms. The molecule has 6 nitrogen and oxygen atoms in total. The molecular weight excluding hydrogens is 376 g/mol. The van der Waals surface area contributed by atoms with Gasteiger partial charge in [0.2, 0.25) is 15.9 Å². The highest BCUT2D eigenvalue weighted by Crippen LogP contribution is 2.24. The Hall–Kier alpha value is -2.22. The Balaban J connectivity index is 1.72. The van der Waals surface area contributed by atoms with Gasteiger partial charge in [0.1, 0.15) is 0 Å². The van der Waals surface area contributed by atoms with Crippen LogP contribution in [0.5, 0.6) is 0 Å². The molecule has 150 valence electrons. The molecule has 1 heterocycles. The molecule has 3 rings (SSSR count). The van der Waals surface area contributed by atoms with Crippen LogP contribution >= 0.6 is 0 Å². The molecule has 1 aliphatic rings. The first kappa shape index (κ1) is 20.5. The molecule has 0 fully saturated rings. The van der Waals surface area contributed by atoms with Crippen molar-refractivity contribution < 1.29 is 17.9 Å². The van der Waals surface area contributed by atoms with Crippen molar-refractivity contribution in [2.24, 2.45) is 0 Å². The first-order chi connectivity index (χ1) is 13.4. The minimum atomic E-state index is -3.63. The summed E-state index contributed by atoms with van der Waals surface area (Å²) in [6.07, 6.45) is 1.01. The molecule has 0 radical (unpaired) electrons. The number of hydrogen-bond acceptors (Lipinski definition) is 4. The summed E-state index contributed by atoms with van der Waals surface area (Å²) in [5, 5.41) is 0. The fraction of sp³-hybridized carbons (Fsp3) is 0.381. The van der Waals surface area contributed by atoms with Gasteiger partial charge in [0.15, 0.2) is 0 Å². The van der Waals surface area contributed by atoms with Gasteiger partial charge in [-0.15, -0.1) is 0 Å². The number of ether oxygens (including phenoxy) is 1. The van der Waals surface area contributed by atoms with Crippen molar-refractivity contribution in [1.29, 1.82) is 0 Å². The van der Waals surface area contributed by atoms with Crippen LogP contribution < -0.4 is 4.72 Å². The SMILES string of the molecule is COCCC(=O)N1CCc2cc(S(=O)(=O)N[C@@H](C)c3ccccc3)ccc2C1. The van der Waals surface area contributed by atoms with Crippen LogP contribution in [0.4, 0.5) is 0 Å². The number of nitrogens with zero attached hydrogens (tertiary/aromatic N) is 1. The molecule has 0 spiro atoms.